The van der Waals surface area contributed by atoms with E-state index in [2.05, 4.69) is 36.8 Å². The lowest BCUT2D eigenvalue weighted by atomic mass is 10.0. The van der Waals surface area contributed by atoms with E-state index < -0.39 is 21.2 Å². The Kier molecular flexibility index (Phi) is 3.50. The Morgan fingerprint density at radius 3 is 2.59 bits per heavy atom. The van der Waals surface area contributed by atoms with E-state index in [1.54, 1.807) is 6.07 Å². The highest BCUT2D eigenvalue weighted by molar-refractivity contribution is 9.11. The van der Waals surface area contributed by atoms with Gasteiger partial charge in [-0.1, -0.05) is 0 Å². The quantitative estimate of drug-likeness (QED) is 0.561. The molecule has 0 aliphatic carbocycles. The second kappa shape index (κ2) is 4.49. The zero-order chi connectivity index (χ0) is 12.8. The lowest BCUT2D eigenvalue weighted by Gasteiger charge is -2.36. The number of nitrogens with zero attached hydrogens (tertiary/aromatic N) is 2. The monoisotopic (exact) mass is 402 g/mol. The second-order valence-corrected chi connectivity index (χ2v) is 7.53. The highest BCUT2D eigenvalue weighted by atomic mass is 79.9. The number of carbonyl (C=O) groups excluding carboxylic acids is 1. The average molecular weight is 404 g/mol. The van der Waals surface area contributed by atoms with E-state index in [-0.39, 0.29) is 6.42 Å². The molecule has 9 heteroatoms. The van der Waals surface area contributed by atoms with E-state index >= 15 is 0 Å². The molecule has 0 bridgehead atoms. The number of hydrogen-bond acceptors (Lipinski definition) is 4. The van der Waals surface area contributed by atoms with Gasteiger partial charge >= 0.3 is 9.24 Å². The molecule has 1 aliphatic heterocycles. The second-order valence-electron chi connectivity index (χ2n) is 3.37. The lowest BCUT2D eigenvalue weighted by Crippen LogP contribution is -2.48. The molecule has 1 atom stereocenters. The summed E-state index contributed by atoms with van der Waals surface area (Å²) in [7, 11) is 1.13. The summed E-state index contributed by atoms with van der Waals surface area (Å²) in [4.78, 5) is 15.3. The zero-order valence-corrected chi connectivity index (χ0v) is 12.8. The standard InChI is InChI=1S/C8H5Br2ClN2O3S/c9-4-1-5(10)8(12-3-4)6-2-7(14)13(6)17(11,15)16/h1,3,6H,2H2. The molecule has 5 nitrogen and oxygen atoms in total. The third-order valence-electron chi connectivity index (χ3n) is 2.28. The predicted octanol–water partition coefficient (Wildman–Crippen LogP) is 2.36. The first-order chi connectivity index (χ1) is 7.80. The van der Waals surface area contributed by atoms with Crippen molar-refractivity contribution in [2.75, 3.05) is 0 Å². The normalized spacial score (nSPS) is 20.3. The fourth-order valence-electron chi connectivity index (χ4n) is 1.55. The van der Waals surface area contributed by atoms with Crippen LogP contribution in [0.1, 0.15) is 18.2 Å². The molecular formula is C8H5Br2ClN2O3S. The minimum Gasteiger partial charge on any atom is -0.274 e. The number of pyridine rings is 1. The van der Waals surface area contributed by atoms with E-state index in [4.69, 9.17) is 10.7 Å². The van der Waals surface area contributed by atoms with Gasteiger partial charge in [0.15, 0.2) is 0 Å². The maximum Gasteiger partial charge on any atom is 0.324 e. The highest BCUT2D eigenvalue weighted by Gasteiger charge is 2.46. The maximum atomic E-state index is 11.2. The molecule has 2 rings (SSSR count). The number of β-lactam (4-membered cyclic amide) rings is 1. The first-order valence-corrected chi connectivity index (χ1v) is 8.23. The molecule has 0 spiro atoms. The van der Waals surface area contributed by atoms with E-state index in [1.165, 1.54) is 6.20 Å². The Labute approximate surface area is 119 Å². The molecule has 1 aliphatic rings. The Bertz CT molecular complexity index is 592. The topological polar surface area (TPSA) is 67.3 Å². The van der Waals surface area contributed by atoms with Gasteiger partial charge < -0.3 is 0 Å². The van der Waals surface area contributed by atoms with Crippen LogP contribution in [-0.2, 0) is 14.0 Å². The largest absolute Gasteiger partial charge is 0.324 e. The molecule has 0 saturated carbocycles. The van der Waals surface area contributed by atoms with Crippen LogP contribution in [0.4, 0.5) is 0 Å². The molecule has 1 saturated heterocycles. The third kappa shape index (κ3) is 2.49. The molecule has 2 heterocycles. The smallest absolute Gasteiger partial charge is 0.274 e. The lowest BCUT2D eigenvalue weighted by molar-refractivity contribution is -0.137. The van der Waals surface area contributed by atoms with Gasteiger partial charge in [0, 0.05) is 25.8 Å². The van der Waals surface area contributed by atoms with Gasteiger partial charge in [-0.2, -0.15) is 8.42 Å². The maximum absolute atomic E-state index is 11.2. The summed E-state index contributed by atoms with van der Waals surface area (Å²) in [6.45, 7) is 0. The summed E-state index contributed by atoms with van der Waals surface area (Å²) in [5, 5.41) is 0. The fourth-order valence-corrected chi connectivity index (χ4v) is 4.12. The van der Waals surface area contributed by atoms with Crippen LogP contribution >= 0.6 is 42.5 Å². The van der Waals surface area contributed by atoms with Gasteiger partial charge in [0.25, 0.3) is 0 Å². The van der Waals surface area contributed by atoms with E-state index in [1.807, 2.05) is 0 Å². The van der Waals surface area contributed by atoms with E-state index in [0.29, 0.717) is 14.5 Å². The zero-order valence-electron chi connectivity index (χ0n) is 8.10. The molecule has 0 aromatic carbocycles. The summed E-state index contributed by atoms with van der Waals surface area (Å²) >= 11 is 6.50. The first kappa shape index (κ1) is 13.3. The molecule has 1 fully saturated rings. The molecule has 1 unspecified atom stereocenters. The van der Waals surface area contributed by atoms with E-state index in [0.717, 1.165) is 4.47 Å². The molecule has 92 valence electrons. The number of halogens is 3. The molecule has 17 heavy (non-hydrogen) atoms. The minimum atomic E-state index is -4.06. The summed E-state index contributed by atoms with van der Waals surface area (Å²) in [6.07, 6.45) is 1.61. The number of carbonyl (C=O) groups is 1. The SMILES string of the molecule is O=C1CC(c2ncc(Br)cc2Br)N1S(=O)(=O)Cl. The van der Waals surface area contributed by atoms with Crippen molar-refractivity contribution in [3.8, 4) is 0 Å². The Morgan fingerprint density at radius 2 is 2.12 bits per heavy atom. The van der Waals surface area contributed by atoms with Gasteiger partial charge in [-0.25, -0.2) is 4.31 Å². The van der Waals surface area contributed by atoms with Crippen LogP contribution < -0.4 is 0 Å². The van der Waals surface area contributed by atoms with Crippen molar-refractivity contribution in [1.82, 2.24) is 9.29 Å². The number of aromatic nitrogens is 1. The van der Waals surface area contributed by atoms with Gasteiger partial charge in [0.05, 0.1) is 12.1 Å². The van der Waals surface area contributed by atoms with Gasteiger partial charge in [0.1, 0.15) is 6.04 Å². The Balaban J connectivity index is 2.39. The van der Waals surface area contributed by atoms with Crippen LogP contribution in [0.5, 0.6) is 0 Å². The van der Waals surface area contributed by atoms with Crippen molar-refractivity contribution < 1.29 is 13.2 Å². The first-order valence-electron chi connectivity index (χ1n) is 4.38. The van der Waals surface area contributed by atoms with Crippen molar-refractivity contribution in [3.63, 3.8) is 0 Å². The minimum absolute atomic E-state index is 0.0825. The number of rotatable bonds is 2. The number of hydrogen-bond donors (Lipinski definition) is 0. The average Bonchev–Trinajstić information content (AvgIpc) is 2.12. The third-order valence-corrected chi connectivity index (χ3v) is 4.73. The molecule has 0 N–H and O–H groups in total. The van der Waals surface area contributed by atoms with Gasteiger partial charge in [0.2, 0.25) is 5.91 Å². The van der Waals surface area contributed by atoms with Gasteiger partial charge in [-0.15, -0.1) is 0 Å². The summed E-state index contributed by atoms with van der Waals surface area (Å²) in [5.74, 6) is -0.526. The van der Waals surface area contributed by atoms with Gasteiger partial charge in [-0.05, 0) is 37.9 Å². The Hall–Kier alpha value is -0.180. The molecular weight excluding hydrogens is 399 g/mol. The summed E-state index contributed by atoms with van der Waals surface area (Å²) < 4.78 is 24.4. The van der Waals surface area contributed by atoms with Crippen LogP contribution in [0, 0.1) is 0 Å². The van der Waals surface area contributed by atoms with Crippen LogP contribution in [0.3, 0.4) is 0 Å². The van der Waals surface area contributed by atoms with Crippen molar-refractivity contribution in [1.29, 1.82) is 0 Å². The fraction of sp³-hybridized carbons (Fsp3) is 0.250. The summed E-state index contributed by atoms with van der Waals surface area (Å²) in [6, 6.07) is 1.09. The molecule has 1 aromatic rings. The van der Waals surface area contributed by atoms with Crippen LogP contribution in [-0.4, -0.2) is 23.6 Å². The Morgan fingerprint density at radius 1 is 1.47 bits per heavy atom. The number of amides is 1. The summed E-state index contributed by atoms with van der Waals surface area (Å²) in [5.41, 5.74) is 0.469. The van der Waals surface area contributed by atoms with Crippen LogP contribution in [0.25, 0.3) is 0 Å². The van der Waals surface area contributed by atoms with Gasteiger partial charge in [-0.3, -0.25) is 9.78 Å². The molecule has 1 aromatic heterocycles. The van der Waals surface area contributed by atoms with Crippen LogP contribution in [0.2, 0.25) is 0 Å². The van der Waals surface area contributed by atoms with Crippen molar-refractivity contribution in [3.05, 3.63) is 26.9 Å². The van der Waals surface area contributed by atoms with Crippen molar-refractivity contribution in [2.24, 2.45) is 0 Å². The van der Waals surface area contributed by atoms with E-state index in [9.17, 15) is 13.2 Å². The van der Waals surface area contributed by atoms with Crippen molar-refractivity contribution >= 4 is 57.7 Å². The molecule has 0 radical (unpaired) electrons. The van der Waals surface area contributed by atoms with Crippen LogP contribution in [0.15, 0.2) is 21.2 Å². The van der Waals surface area contributed by atoms with Crippen molar-refractivity contribution in [2.45, 2.75) is 12.5 Å². The predicted molar refractivity (Wildman–Crippen MR) is 68.6 cm³/mol. The molecule has 1 amide bonds. The highest BCUT2D eigenvalue weighted by Crippen LogP contribution is 2.40.